The smallest absolute Gasteiger partial charge is 0.129 e. The minimum Gasteiger partial charge on any atom is -0.254 e. The van der Waals surface area contributed by atoms with Gasteiger partial charge in [0.2, 0.25) is 0 Å². The van der Waals surface area contributed by atoms with Gasteiger partial charge in [-0.25, -0.2) is 4.98 Å². The summed E-state index contributed by atoms with van der Waals surface area (Å²) >= 11 is 18.2. The molecule has 4 aromatic rings. The highest BCUT2D eigenvalue weighted by Crippen LogP contribution is 2.21. The molecule has 0 aromatic carbocycles. The summed E-state index contributed by atoms with van der Waals surface area (Å²) in [5, 5.41) is 1.12. The van der Waals surface area contributed by atoms with Crippen molar-refractivity contribution in [2.24, 2.45) is 0 Å². The molecule has 4 heterocycles. The predicted molar refractivity (Wildman–Crippen MR) is 104 cm³/mol. The molecule has 0 fully saturated rings. The zero-order valence-electron chi connectivity index (χ0n) is 11.9. The van der Waals surface area contributed by atoms with Crippen LogP contribution in [0.2, 0.25) is 10.2 Å². The molecule has 4 rings (SSSR count). The molecule has 8 heteroatoms. The van der Waals surface area contributed by atoms with Gasteiger partial charge in [-0.15, -0.1) is 0 Å². The van der Waals surface area contributed by atoms with Gasteiger partial charge in [-0.2, -0.15) is 0 Å². The Morgan fingerprint density at radius 1 is 0.750 bits per heavy atom. The van der Waals surface area contributed by atoms with Gasteiger partial charge in [-0.3, -0.25) is 15.0 Å². The first kappa shape index (κ1) is 17.5. The molecule has 0 aliphatic heterocycles. The lowest BCUT2D eigenvalue weighted by Crippen LogP contribution is -1.82. The third-order valence-electron chi connectivity index (χ3n) is 2.96. The molecule has 0 spiro atoms. The van der Waals surface area contributed by atoms with E-state index < -0.39 is 0 Å². The second-order valence-corrected chi connectivity index (χ2v) is 7.27. The van der Waals surface area contributed by atoms with Gasteiger partial charge < -0.3 is 0 Å². The lowest BCUT2D eigenvalue weighted by molar-refractivity contribution is 1.32. The second-order valence-electron chi connectivity index (χ2n) is 4.64. The normalized spacial score (nSPS) is 10.5. The van der Waals surface area contributed by atoms with Crippen molar-refractivity contribution in [2.45, 2.75) is 0 Å². The van der Waals surface area contributed by atoms with Crippen molar-refractivity contribution in [3.8, 4) is 0 Å². The molecule has 4 aromatic heterocycles. The van der Waals surface area contributed by atoms with E-state index in [1.54, 1.807) is 30.7 Å². The fraction of sp³-hybridized carbons (Fsp3) is 0. The first-order valence-electron chi connectivity index (χ1n) is 6.66. The van der Waals surface area contributed by atoms with E-state index in [2.05, 4.69) is 51.8 Å². The Kier molecular flexibility index (Phi) is 5.61. The van der Waals surface area contributed by atoms with E-state index in [9.17, 15) is 0 Å². The molecular weight excluding hydrogens is 479 g/mol. The molecule has 0 N–H and O–H groups in total. The van der Waals surface area contributed by atoms with Crippen LogP contribution in [0.4, 0.5) is 0 Å². The van der Waals surface area contributed by atoms with Crippen molar-refractivity contribution in [2.75, 3.05) is 0 Å². The molecule has 4 nitrogen and oxygen atoms in total. The summed E-state index contributed by atoms with van der Waals surface area (Å²) in [5.41, 5.74) is 3.19. The lowest BCUT2D eigenvalue weighted by atomic mass is 10.3. The van der Waals surface area contributed by atoms with Crippen LogP contribution in [0, 0.1) is 0 Å². The van der Waals surface area contributed by atoms with Gasteiger partial charge in [0.05, 0.1) is 21.6 Å². The van der Waals surface area contributed by atoms with Gasteiger partial charge in [0.25, 0.3) is 0 Å². The Hall–Kier alpha value is -1.34. The Morgan fingerprint density at radius 2 is 1.46 bits per heavy atom. The minimum atomic E-state index is 0.488. The number of fused-ring (bicyclic) bond motifs is 2. The van der Waals surface area contributed by atoms with Crippen LogP contribution in [0.25, 0.3) is 22.1 Å². The maximum Gasteiger partial charge on any atom is 0.129 e. The van der Waals surface area contributed by atoms with Crippen LogP contribution in [0.1, 0.15) is 0 Å². The summed E-state index contributed by atoms with van der Waals surface area (Å²) in [7, 11) is 0. The van der Waals surface area contributed by atoms with Gasteiger partial charge in [0.1, 0.15) is 10.7 Å². The number of hydrogen-bond donors (Lipinski definition) is 0. The van der Waals surface area contributed by atoms with Crippen molar-refractivity contribution in [1.82, 2.24) is 19.9 Å². The molecule has 0 aliphatic carbocycles. The summed E-state index contributed by atoms with van der Waals surface area (Å²) in [6.45, 7) is 0. The van der Waals surface area contributed by atoms with Crippen LogP contribution >= 0.6 is 55.1 Å². The van der Waals surface area contributed by atoms with E-state index in [-0.39, 0.29) is 0 Å². The SMILES string of the molecule is Clc1ccc2ncc(Br)cc2n1.Clc1ccnc2cc(Br)cnc12. The average molecular weight is 487 g/mol. The number of pyridine rings is 4. The van der Waals surface area contributed by atoms with Crippen LogP contribution in [0.3, 0.4) is 0 Å². The average Bonchev–Trinajstić information content (AvgIpc) is 2.55. The summed E-state index contributed by atoms with van der Waals surface area (Å²) in [4.78, 5) is 16.5. The van der Waals surface area contributed by atoms with E-state index >= 15 is 0 Å². The third kappa shape index (κ3) is 4.19. The number of aromatic nitrogens is 4. The number of halogens is 4. The van der Waals surface area contributed by atoms with E-state index in [4.69, 9.17) is 23.2 Å². The van der Waals surface area contributed by atoms with E-state index in [1.165, 1.54) is 0 Å². The van der Waals surface area contributed by atoms with Gasteiger partial charge in [0, 0.05) is 27.5 Å². The zero-order chi connectivity index (χ0) is 17.1. The molecule has 0 amide bonds. The standard InChI is InChI=1S/2C8H4BrClN2/c9-5-3-7-8(12-4-5)6(10)1-2-11-7;9-5-3-7-6(11-4-5)1-2-8(10)12-7/h2*1-4H. The second kappa shape index (κ2) is 7.70. The molecule has 24 heavy (non-hydrogen) atoms. The minimum absolute atomic E-state index is 0.488. The Labute approximate surface area is 164 Å². The van der Waals surface area contributed by atoms with Crippen molar-refractivity contribution >= 4 is 77.1 Å². The summed E-state index contributed by atoms with van der Waals surface area (Å²) in [6.07, 6.45) is 5.10. The molecule has 120 valence electrons. The molecular formula is C16H8Br2Cl2N4. The largest absolute Gasteiger partial charge is 0.254 e. The number of rotatable bonds is 0. The van der Waals surface area contributed by atoms with Crippen LogP contribution < -0.4 is 0 Å². The van der Waals surface area contributed by atoms with Crippen molar-refractivity contribution < 1.29 is 0 Å². The van der Waals surface area contributed by atoms with Crippen LogP contribution in [0.15, 0.2) is 57.9 Å². The monoisotopic (exact) mass is 484 g/mol. The van der Waals surface area contributed by atoms with Gasteiger partial charge in [-0.05, 0) is 62.2 Å². The molecule has 0 unspecified atom stereocenters. The van der Waals surface area contributed by atoms with Crippen molar-refractivity contribution in [3.63, 3.8) is 0 Å². The predicted octanol–water partition coefficient (Wildman–Crippen LogP) is 6.09. The maximum atomic E-state index is 5.89. The number of nitrogens with zero attached hydrogens (tertiary/aromatic N) is 4. The highest BCUT2D eigenvalue weighted by Gasteiger charge is 2.00. The Morgan fingerprint density at radius 3 is 2.25 bits per heavy atom. The topological polar surface area (TPSA) is 51.6 Å². The molecule has 0 aliphatic rings. The zero-order valence-corrected chi connectivity index (χ0v) is 16.6. The van der Waals surface area contributed by atoms with Crippen molar-refractivity contribution in [3.05, 3.63) is 68.0 Å². The van der Waals surface area contributed by atoms with Gasteiger partial charge in [0.15, 0.2) is 0 Å². The van der Waals surface area contributed by atoms with Gasteiger partial charge in [-0.1, -0.05) is 23.2 Å². The molecule has 0 atom stereocenters. The highest BCUT2D eigenvalue weighted by atomic mass is 79.9. The number of hydrogen-bond acceptors (Lipinski definition) is 4. The molecule has 0 bridgehead atoms. The van der Waals surface area contributed by atoms with Crippen LogP contribution in [-0.4, -0.2) is 19.9 Å². The summed E-state index contributed by atoms with van der Waals surface area (Å²) in [6, 6.07) is 9.06. The van der Waals surface area contributed by atoms with E-state index in [1.807, 2.05) is 18.2 Å². The molecule has 0 saturated heterocycles. The Bertz CT molecular complexity index is 978. The van der Waals surface area contributed by atoms with Crippen LogP contribution in [-0.2, 0) is 0 Å². The van der Waals surface area contributed by atoms with Crippen molar-refractivity contribution in [1.29, 1.82) is 0 Å². The van der Waals surface area contributed by atoms with E-state index in [0.29, 0.717) is 10.2 Å². The fourth-order valence-corrected chi connectivity index (χ4v) is 2.92. The highest BCUT2D eigenvalue weighted by molar-refractivity contribution is 9.10. The van der Waals surface area contributed by atoms with Crippen LogP contribution in [0.5, 0.6) is 0 Å². The van der Waals surface area contributed by atoms with Gasteiger partial charge >= 0.3 is 0 Å². The lowest BCUT2D eigenvalue weighted by Gasteiger charge is -1.97. The summed E-state index contributed by atoms with van der Waals surface area (Å²) < 4.78 is 1.81. The van der Waals surface area contributed by atoms with E-state index in [0.717, 1.165) is 31.0 Å². The molecule has 0 saturated carbocycles. The summed E-state index contributed by atoms with van der Waals surface area (Å²) in [5.74, 6) is 0. The first-order valence-corrected chi connectivity index (χ1v) is 9.01. The fourth-order valence-electron chi connectivity index (χ4n) is 1.93. The maximum absolute atomic E-state index is 5.89. The Balaban J connectivity index is 0.000000141. The quantitative estimate of drug-likeness (QED) is 0.282. The first-order chi connectivity index (χ1) is 11.5. The molecule has 0 radical (unpaired) electrons. The third-order valence-corrected chi connectivity index (χ3v) is 4.35.